The van der Waals surface area contributed by atoms with Crippen LogP contribution in [0.25, 0.3) is 21.6 Å². The van der Waals surface area contributed by atoms with Crippen LogP contribution in [0.3, 0.4) is 0 Å². The Hall–Kier alpha value is -3.50. The first kappa shape index (κ1) is 24.6. The number of carbonyl (C=O) groups excluding carboxylic acids is 1. The molecule has 0 saturated carbocycles. The lowest BCUT2D eigenvalue weighted by molar-refractivity contribution is 0.103. The molecule has 0 aliphatic rings. The Morgan fingerprint density at radius 2 is 1.57 bits per heavy atom. The van der Waals surface area contributed by atoms with E-state index in [4.69, 9.17) is 27.9 Å². The fraction of sp³-hybridized carbons (Fsp3) is 0.174. The van der Waals surface area contributed by atoms with Crippen molar-refractivity contribution in [1.82, 2.24) is 0 Å². The molecule has 10 nitrogen and oxygen atoms in total. The lowest BCUT2D eigenvalue weighted by Gasteiger charge is -2.14. The highest BCUT2D eigenvalue weighted by atomic mass is 32.1. The fourth-order valence-electron chi connectivity index (χ4n) is 3.65. The first-order chi connectivity index (χ1) is 16.7. The number of hydrogen-bond acceptors (Lipinski definition) is 9. The van der Waals surface area contributed by atoms with Crippen LogP contribution in [0.15, 0.2) is 46.2 Å². The van der Waals surface area contributed by atoms with Gasteiger partial charge >= 0.3 is 7.82 Å². The third-order valence-corrected chi connectivity index (χ3v) is 6.39. The fourth-order valence-corrected chi connectivity index (χ4v) is 4.77. The molecule has 0 amide bonds. The van der Waals surface area contributed by atoms with E-state index in [0.717, 1.165) is 0 Å². The van der Waals surface area contributed by atoms with Crippen LogP contribution in [-0.2, 0) is 4.57 Å². The maximum Gasteiger partial charge on any atom is 0.525 e. The maximum absolute atomic E-state index is 13.9. The van der Waals surface area contributed by atoms with Gasteiger partial charge in [-0.1, -0.05) is 6.07 Å². The molecule has 0 saturated heterocycles. The molecule has 2 aromatic carbocycles. The van der Waals surface area contributed by atoms with E-state index >= 15 is 0 Å². The minimum atomic E-state index is -4.98. The zero-order valence-electron chi connectivity index (χ0n) is 19.1. The molecule has 0 spiro atoms. The number of furan rings is 1. The van der Waals surface area contributed by atoms with Crippen molar-refractivity contribution in [2.24, 2.45) is 0 Å². The van der Waals surface area contributed by atoms with Crippen LogP contribution in [-0.4, -0.2) is 44.0 Å². The van der Waals surface area contributed by atoms with Gasteiger partial charge in [-0.15, -0.1) is 11.3 Å². The topological polar surface area (TPSA) is 134 Å². The molecule has 2 N–H and O–H groups in total. The zero-order chi connectivity index (χ0) is 25.3. The summed E-state index contributed by atoms with van der Waals surface area (Å²) in [5.41, 5.74) is 0.329. The predicted molar refractivity (Wildman–Crippen MR) is 128 cm³/mol. The Balaban J connectivity index is 2.02. The minimum absolute atomic E-state index is 0.0269. The van der Waals surface area contributed by atoms with Crippen molar-refractivity contribution in [2.45, 2.75) is 0 Å². The molecule has 0 fully saturated rings. The van der Waals surface area contributed by atoms with Gasteiger partial charge in [0, 0.05) is 10.9 Å². The number of phosphoric ester groups is 1. The highest BCUT2D eigenvalue weighted by Crippen LogP contribution is 2.50. The van der Waals surface area contributed by atoms with Gasteiger partial charge in [0.05, 0.1) is 38.9 Å². The summed E-state index contributed by atoms with van der Waals surface area (Å²) in [5, 5.41) is 2.08. The molecule has 0 bridgehead atoms. The Kier molecular flexibility index (Phi) is 6.77. The van der Waals surface area contributed by atoms with E-state index in [1.165, 1.54) is 58.0 Å². The van der Waals surface area contributed by atoms with Crippen molar-refractivity contribution in [3.63, 3.8) is 0 Å². The SMILES string of the molecule is COc1cc(C(=O)c2c(-c3cccs3)oc3c(OP(=O)(O)O)c(OC)ccc23)cc(OC)c1OC. The normalized spacial score (nSPS) is 11.4. The second-order valence-corrected chi connectivity index (χ2v) is 9.19. The molecule has 0 aliphatic heterocycles. The summed E-state index contributed by atoms with van der Waals surface area (Å²) in [5.74, 6) is 0.361. The van der Waals surface area contributed by atoms with Crippen LogP contribution in [0.5, 0.6) is 28.7 Å². The van der Waals surface area contributed by atoms with Crippen LogP contribution in [0.2, 0.25) is 0 Å². The molecule has 12 heteroatoms. The van der Waals surface area contributed by atoms with E-state index in [9.17, 15) is 19.1 Å². The van der Waals surface area contributed by atoms with Crippen LogP contribution >= 0.6 is 19.2 Å². The predicted octanol–water partition coefficient (Wildman–Crippen LogP) is 4.90. The molecule has 35 heavy (non-hydrogen) atoms. The number of ether oxygens (including phenoxy) is 4. The van der Waals surface area contributed by atoms with Crippen LogP contribution < -0.4 is 23.5 Å². The number of thiophene rings is 1. The highest BCUT2D eigenvalue weighted by molar-refractivity contribution is 7.46. The summed E-state index contributed by atoms with van der Waals surface area (Å²) in [7, 11) is 0.670. The van der Waals surface area contributed by atoms with Gasteiger partial charge in [-0.2, -0.15) is 0 Å². The number of methoxy groups -OCH3 is 4. The average molecular weight is 520 g/mol. The number of ketones is 1. The Morgan fingerprint density at radius 1 is 0.914 bits per heavy atom. The Labute approximate surface area is 203 Å². The van der Waals surface area contributed by atoms with Gasteiger partial charge in [0.15, 0.2) is 34.4 Å². The molecule has 0 radical (unpaired) electrons. The highest BCUT2D eigenvalue weighted by Gasteiger charge is 2.31. The van der Waals surface area contributed by atoms with Crippen molar-refractivity contribution in [2.75, 3.05) is 28.4 Å². The molecule has 2 heterocycles. The number of phosphoric acid groups is 1. The second-order valence-electron chi connectivity index (χ2n) is 7.08. The van der Waals surface area contributed by atoms with E-state index in [-0.39, 0.29) is 50.9 Å². The number of rotatable bonds is 9. The minimum Gasteiger partial charge on any atom is -0.493 e. The second kappa shape index (κ2) is 9.63. The third-order valence-electron chi connectivity index (χ3n) is 5.11. The van der Waals surface area contributed by atoms with Crippen LogP contribution in [0, 0.1) is 0 Å². The van der Waals surface area contributed by atoms with Gasteiger partial charge in [0.25, 0.3) is 0 Å². The first-order valence-corrected chi connectivity index (χ1v) is 12.4. The average Bonchev–Trinajstić information content (AvgIpc) is 3.50. The van der Waals surface area contributed by atoms with Gasteiger partial charge in [-0.25, -0.2) is 4.57 Å². The van der Waals surface area contributed by atoms with Gasteiger partial charge in [-0.05, 0) is 35.7 Å². The molecule has 0 atom stereocenters. The van der Waals surface area contributed by atoms with E-state index in [0.29, 0.717) is 10.6 Å². The number of fused-ring (bicyclic) bond motifs is 1. The van der Waals surface area contributed by atoms with Crippen LogP contribution in [0.1, 0.15) is 15.9 Å². The Morgan fingerprint density at radius 3 is 2.09 bits per heavy atom. The zero-order valence-corrected chi connectivity index (χ0v) is 20.8. The number of hydrogen-bond donors (Lipinski definition) is 2. The molecular formula is C23H21O10PS. The smallest absolute Gasteiger partial charge is 0.493 e. The summed E-state index contributed by atoms with van der Waals surface area (Å²) in [6.07, 6.45) is 0. The van der Waals surface area contributed by atoms with Gasteiger partial charge in [0.2, 0.25) is 11.5 Å². The summed E-state index contributed by atoms with van der Waals surface area (Å²) < 4.78 is 43.9. The van der Waals surface area contributed by atoms with E-state index in [2.05, 4.69) is 0 Å². The quantitative estimate of drug-likeness (QED) is 0.232. The third kappa shape index (κ3) is 4.59. The molecule has 184 valence electrons. The summed E-state index contributed by atoms with van der Waals surface area (Å²) in [6.45, 7) is 0. The standard InChI is InChI=1S/C23H21O10PS/c1-28-14-8-7-13-18(19(24)12-10-15(29-2)21(31-4)16(11-12)30-3)23(17-6-5-9-35-17)32-20(13)22(14)33-34(25,26)27/h5-11H,1-4H3,(H2,25,26,27). The molecule has 0 unspecified atom stereocenters. The first-order valence-electron chi connectivity index (χ1n) is 9.99. The largest absolute Gasteiger partial charge is 0.525 e. The molecule has 4 aromatic rings. The van der Waals surface area contributed by atoms with Crippen LogP contribution in [0.4, 0.5) is 0 Å². The molecule has 2 aromatic heterocycles. The monoisotopic (exact) mass is 520 g/mol. The number of carbonyl (C=O) groups is 1. The number of benzene rings is 2. The lowest BCUT2D eigenvalue weighted by atomic mass is 9.98. The van der Waals surface area contributed by atoms with Crippen molar-refractivity contribution in [3.8, 4) is 39.4 Å². The van der Waals surface area contributed by atoms with Gasteiger partial charge < -0.3 is 27.9 Å². The van der Waals surface area contributed by atoms with Crippen molar-refractivity contribution >= 4 is 35.9 Å². The summed E-state index contributed by atoms with van der Waals surface area (Å²) in [6, 6.07) is 9.57. The molecule has 0 aliphatic carbocycles. The summed E-state index contributed by atoms with van der Waals surface area (Å²) >= 11 is 1.33. The van der Waals surface area contributed by atoms with Crippen molar-refractivity contribution in [3.05, 3.63) is 52.9 Å². The Bertz CT molecular complexity index is 1410. The van der Waals surface area contributed by atoms with Crippen molar-refractivity contribution in [1.29, 1.82) is 0 Å². The lowest BCUT2D eigenvalue weighted by Crippen LogP contribution is -2.05. The maximum atomic E-state index is 13.9. The summed E-state index contributed by atoms with van der Waals surface area (Å²) in [4.78, 5) is 33.4. The van der Waals surface area contributed by atoms with Gasteiger partial charge in [-0.3, -0.25) is 14.6 Å². The van der Waals surface area contributed by atoms with Crippen molar-refractivity contribution < 1.29 is 47.0 Å². The van der Waals surface area contributed by atoms with E-state index < -0.39 is 13.6 Å². The van der Waals surface area contributed by atoms with Gasteiger partial charge in [0.1, 0.15) is 0 Å². The molecular weight excluding hydrogens is 499 g/mol. The molecule has 4 rings (SSSR count). The van der Waals surface area contributed by atoms with E-state index in [1.54, 1.807) is 18.2 Å². The van der Waals surface area contributed by atoms with E-state index in [1.807, 2.05) is 5.38 Å².